The Hall–Kier alpha value is -2.70. The highest BCUT2D eigenvalue weighted by atomic mass is 32.2. The van der Waals surface area contributed by atoms with Crippen molar-refractivity contribution in [2.75, 3.05) is 24.8 Å². The van der Waals surface area contributed by atoms with Crippen LogP contribution in [0, 0.1) is 0 Å². The number of aliphatic hydroxyl groups excluding tert-OH is 1. The van der Waals surface area contributed by atoms with Crippen molar-refractivity contribution in [3.05, 3.63) is 72.8 Å². The van der Waals surface area contributed by atoms with Gasteiger partial charge >= 0.3 is 5.97 Å². The molecule has 1 aliphatic heterocycles. The number of carboxylic acids is 1. The smallest absolute Gasteiger partial charge is 0.321 e. The van der Waals surface area contributed by atoms with Crippen LogP contribution in [0.1, 0.15) is 6.42 Å². The van der Waals surface area contributed by atoms with Gasteiger partial charge < -0.3 is 19.8 Å². The molecule has 11 heteroatoms. The van der Waals surface area contributed by atoms with Crippen LogP contribution in [0.25, 0.3) is 11.1 Å². The maximum atomic E-state index is 12.9. The van der Waals surface area contributed by atoms with Gasteiger partial charge in [-0.3, -0.25) is 4.79 Å². The lowest BCUT2D eigenvalue weighted by Crippen LogP contribution is -2.43. The van der Waals surface area contributed by atoms with Gasteiger partial charge in [0.15, 0.2) is 0 Å². The zero-order valence-corrected chi connectivity index (χ0v) is 22.7. The maximum Gasteiger partial charge on any atom is 0.321 e. The number of hydrogen-bond donors (Lipinski definition) is 3. The number of hydrogen-bond acceptors (Lipinski definition) is 8. The highest BCUT2D eigenvalue weighted by Gasteiger charge is 2.31. The van der Waals surface area contributed by atoms with Gasteiger partial charge in [-0.25, -0.2) is 8.42 Å². The SMILES string of the molecule is COc1ccc(-c2ccc(S(=O)(=O)NC(CC(O)CSC3Sc4ccccc4N3C)C(=O)O)cc2)cc1. The summed E-state index contributed by atoms with van der Waals surface area (Å²) >= 11 is 3.15. The second-order valence-corrected chi connectivity index (χ2v) is 12.7. The van der Waals surface area contributed by atoms with Crippen LogP contribution in [0.5, 0.6) is 5.75 Å². The molecule has 0 aromatic heterocycles. The first kappa shape index (κ1) is 27.3. The van der Waals surface area contributed by atoms with E-state index in [0.717, 1.165) is 21.7 Å². The molecular formula is C26H28N2O6S3. The molecule has 3 unspecified atom stereocenters. The first-order valence-corrected chi connectivity index (χ1v) is 14.9. The van der Waals surface area contributed by atoms with Crippen molar-refractivity contribution >= 4 is 45.2 Å². The van der Waals surface area contributed by atoms with E-state index < -0.39 is 28.1 Å². The van der Waals surface area contributed by atoms with E-state index in [9.17, 15) is 23.4 Å². The molecule has 37 heavy (non-hydrogen) atoms. The van der Waals surface area contributed by atoms with E-state index >= 15 is 0 Å². The highest BCUT2D eigenvalue weighted by molar-refractivity contribution is 8.17. The maximum absolute atomic E-state index is 12.9. The molecule has 0 spiro atoms. The average Bonchev–Trinajstić information content (AvgIpc) is 3.22. The second kappa shape index (κ2) is 11.8. The average molecular weight is 561 g/mol. The fourth-order valence-electron chi connectivity index (χ4n) is 3.89. The third-order valence-corrected chi connectivity index (χ3v) is 10.4. The van der Waals surface area contributed by atoms with E-state index in [4.69, 9.17) is 4.74 Å². The summed E-state index contributed by atoms with van der Waals surface area (Å²) < 4.78 is 33.2. The fraction of sp³-hybridized carbons (Fsp3) is 0.269. The van der Waals surface area contributed by atoms with Crippen LogP contribution in [-0.2, 0) is 14.8 Å². The van der Waals surface area contributed by atoms with E-state index in [2.05, 4.69) is 9.62 Å². The Balaban J connectivity index is 1.35. The van der Waals surface area contributed by atoms with Crippen molar-refractivity contribution < 1.29 is 28.2 Å². The normalized spacial score (nSPS) is 16.7. The minimum Gasteiger partial charge on any atom is -0.497 e. The van der Waals surface area contributed by atoms with Crippen LogP contribution in [0.4, 0.5) is 5.69 Å². The van der Waals surface area contributed by atoms with E-state index in [1.807, 2.05) is 55.6 Å². The minimum absolute atomic E-state index is 0.0382. The minimum atomic E-state index is -4.12. The number of carbonyl (C=O) groups is 1. The van der Waals surface area contributed by atoms with Crippen molar-refractivity contribution in [3.63, 3.8) is 0 Å². The van der Waals surface area contributed by atoms with Crippen LogP contribution < -0.4 is 14.4 Å². The molecule has 0 fully saturated rings. The number of fused-ring (bicyclic) bond motifs is 1. The molecule has 1 heterocycles. The van der Waals surface area contributed by atoms with Gasteiger partial charge in [-0.15, -0.1) is 11.8 Å². The van der Waals surface area contributed by atoms with E-state index in [-0.39, 0.29) is 21.8 Å². The number of ether oxygens (including phenoxy) is 1. The Morgan fingerprint density at radius 3 is 2.30 bits per heavy atom. The third kappa shape index (κ3) is 6.60. The number of rotatable bonds is 11. The lowest BCUT2D eigenvalue weighted by molar-refractivity contribution is -0.139. The summed E-state index contributed by atoms with van der Waals surface area (Å²) in [5.74, 6) is -0.369. The summed E-state index contributed by atoms with van der Waals surface area (Å²) in [6.07, 6.45) is -1.26. The first-order valence-electron chi connectivity index (χ1n) is 11.5. The monoisotopic (exact) mass is 560 g/mol. The van der Waals surface area contributed by atoms with Crippen LogP contribution in [-0.4, -0.2) is 61.4 Å². The van der Waals surface area contributed by atoms with Gasteiger partial charge in [0.05, 0.1) is 23.8 Å². The molecular weight excluding hydrogens is 532 g/mol. The number of sulfonamides is 1. The quantitative estimate of drug-likeness (QED) is 0.319. The predicted octanol–water partition coefficient (Wildman–Crippen LogP) is 4.10. The lowest BCUT2D eigenvalue weighted by Gasteiger charge is -2.23. The molecule has 0 aliphatic carbocycles. The third-order valence-electron chi connectivity index (χ3n) is 5.91. The van der Waals surface area contributed by atoms with Crippen molar-refractivity contribution in [2.24, 2.45) is 0 Å². The summed E-state index contributed by atoms with van der Waals surface area (Å²) in [4.78, 5) is 15.0. The summed E-state index contributed by atoms with van der Waals surface area (Å²) in [5.41, 5.74) is 2.80. The van der Waals surface area contributed by atoms with Crippen LogP contribution >= 0.6 is 23.5 Å². The van der Waals surface area contributed by atoms with Gasteiger partial charge in [-0.05, 0) is 47.5 Å². The summed E-state index contributed by atoms with van der Waals surface area (Å²) in [5, 5.41) is 20.2. The number of nitrogens with zero attached hydrogens (tertiary/aromatic N) is 1. The fourth-order valence-corrected chi connectivity index (χ4v) is 7.75. The summed E-state index contributed by atoms with van der Waals surface area (Å²) in [6, 6.07) is 20.0. The Labute approximate surface area is 225 Å². The van der Waals surface area contributed by atoms with E-state index in [1.54, 1.807) is 31.0 Å². The molecule has 0 saturated heterocycles. The van der Waals surface area contributed by atoms with E-state index in [1.165, 1.54) is 23.9 Å². The molecule has 0 radical (unpaired) electrons. The Kier molecular flexibility index (Phi) is 8.71. The molecule has 0 saturated carbocycles. The second-order valence-electron chi connectivity index (χ2n) is 8.49. The highest BCUT2D eigenvalue weighted by Crippen LogP contribution is 2.46. The van der Waals surface area contributed by atoms with Gasteiger partial charge in [0.2, 0.25) is 10.0 Å². The molecule has 1 aliphatic rings. The number of aliphatic hydroxyl groups is 1. The molecule has 0 amide bonds. The number of aliphatic carboxylic acids is 1. The predicted molar refractivity (Wildman–Crippen MR) is 148 cm³/mol. The molecule has 3 atom stereocenters. The van der Waals surface area contributed by atoms with Crippen molar-refractivity contribution in [1.29, 1.82) is 0 Å². The van der Waals surface area contributed by atoms with Gasteiger partial charge in [-0.1, -0.05) is 48.2 Å². The largest absolute Gasteiger partial charge is 0.497 e. The Bertz CT molecular complexity index is 1330. The van der Waals surface area contributed by atoms with Crippen LogP contribution in [0.2, 0.25) is 0 Å². The number of benzene rings is 3. The van der Waals surface area contributed by atoms with Gasteiger partial charge in [0.1, 0.15) is 16.5 Å². The van der Waals surface area contributed by atoms with Gasteiger partial charge in [0.25, 0.3) is 0 Å². The summed E-state index contributed by atoms with van der Waals surface area (Å²) in [6.45, 7) is 0. The first-order chi connectivity index (χ1) is 17.7. The zero-order valence-electron chi connectivity index (χ0n) is 20.3. The standard InChI is InChI=1S/C26H28N2O6S3/c1-28-23-5-3-4-6-24(23)36-26(28)35-16-19(29)15-22(25(30)31)27-37(32,33)21-13-9-18(10-14-21)17-7-11-20(34-2)12-8-17/h3-14,19,22,26-27,29H,15-16H2,1-2H3,(H,30,31). The molecule has 196 valence electrons. The number of thioether (sulfide) groups is 2. The molecule has 3 aromatic rings. The topological polar surface area (TPSA) is 116 Å². The van der Waals surface area contributed by atoms with Crippen molar-refractivity contribution in [3.8, 4) is 16.9 Å². The summed E-state index contributed by atoms with van der Waals surface area (Å²) in [7, 11) is -0.568. The van der Waals surface area contributed by atoms with Crippen LogP contribution in [0.3, 0.4) is 0 Å². The molecule has 8 nitrogen and oxygen atoms in total. The van der Waals surface area contributed by atoms with Crippen molar-refractivity contribution in [1.82, 2.24) is 4.72 Å². The van der Waals surface area contributed by atoms with Crippen LogP contribution in [0.15, 0.2) is 82.6 Å². The van der Waals surface area contributed by atoms with E-state index in [0.29, 0.717) is 5.75 Å². The van der Waals surface area contributed by atoms with Crippen molar-refractivity contribution in [2.45, 2.75) is 33.1 Å². The number of methoxy groups -OCH3 is 1. The lowest BCUT2D eigenvalue weighted by atomic mass is 10.1. The molecule has 0 bridgehead atoms. The zero-order chi connectivity index (χ0) is 26.6. The van der Waals surface area contributed by atoms with Gasteiger partial charge in [0, 0.05) is 24.1 Å². The molecule has 3 N–H and O–H groups in total. The Morgan fingerprint density at radius 1 is 1.08 bits per heavy atom. The number of anilines is 1. The van der Waals surface area contributed by atoms with Gasteiger partial charge in [-0.2, -0.15) is 4.72 Å². The molecule has 3 aromatic carbocycles. The Morgan fingerprint density at radius 2 is 1.70 bits per heavy atom. The number of nitrogens with one attached hydrogen (secondary N) is 1. The molecule has 4 rings (SSSR count). The number of para-hydroxylation sites is 1. The number of carboxylic acid groups (broad SMARTS) is 1.